The zero-order chi connectivity index (χ0) is 16.8. The SMILES string of the molecule is COc1cccc(C(O)c2cc(Br)ccc2CN(C)CCO)c1. The van der Waals surface area contributed by atoms with Crippen molar-refractivity contribution in [2.75, 3.05) is 27.3 Å². The van der Waals surface area contributed by atoms with Crippen LogP contribution >= 0.6 is 15.9 Å². The Morgan fingerprint density at radius 2 is 2.00 bits per heavy atom. The molecule has 0 aliphatic heterocycles. The van der Waals surface area contributed by atoms with Crippen molar-refractivity contribution in [3.05, 3.63) is 63.6 Å². The van der Waals surface area contributed by atoms with E-state index in [1.165, 1.54) is 0 Å². The molecule has 0 aromatic heterocycles. The number of nitrogens with zero attached hydrogens (tertiary/aromatic N) is 1. The molecule has 0 aliphatic rings. The first kappa shape index (κ1) is 17.9. The van der Waals surface area contributed by atoms with Crippen LogP contribution in [0.4, 0.5) is 0 Å². The van der Waals surface area contributed by atoms with Gasteiger partial charge in [0.15, 0.2) is 0 Å². The van der Waals surface area contributed by atoms with Gasteiger partial charge >= 0.3 is 0 Å². The molecule has 0 bridgehead atoms. The average Bonchev–Trinajstić information content (AvgIpc) is 2.56. The Labute approximate surface area is 145 Å². The third-order valence-corrected chi connectivity index (χ3v) is 4.23. The van der Waals surface area contributed by atoms with Gasteiger partial charge in [-0.1, -0.05) is 34.1 Å². The fourth-order valence-electron chi connectivity index (χ4n) is 2.50. The molecule has 0 radical (unpaired) electrons. The molecule has 0 aliphatic carbocycles. The van der Waals surface area contributed by atoms with E-state index in [1.54, 1.807) is 7.11 Å². The van der Waals surface area contributed by atoms with Crippen LogP contribution in [-0.2, 0) is 6.54 Å². The number of hydrogen-bond donors (Lipinski definition) is 2. The molecule has 4 nitrogen and oxygen atoms in total. The highest BCUT2D eigenvalue weighted by molar-refractivity contribution is 9.10. The minimum absolute atomic E-state index is 0.112. The average molecular weight is 380 g/mol. The van der Waals surface area contributed by atoms with Gasteiger partial charge in [0.1, 0.15) is 11.9 Å². The zero-order valence-corrected chi connectivity index (χ0v) is 15.0. The van der Waals surface area contributed by atoms with Gasteiger partial charge in [0.25, 0.3) is 0 Å². The third-order valence-electron chi connectivity index (χ3n) is 3.73. The standard InChI is InChI=1S/C18H22BrNO3/c1-20(8-9-21)12-14-6-7-15(19)11-17(14)18(22)13-4-3-5-16(10-13)23-2/h3-7,10-11,18,21-22H,8-9,12H2,1-2H3. The van der Waals surface area contributed by atoms with Crippen LogP contribution in [0, 0.1) is 0 Å². The summed E-state index contributed by atoms with van der Waals surface area (Å²) in [5.74, 6) is 0.718. The van der Waals surface area contributed by atoms with Crippen LogP contribution in [0.5, 0.6) is 5.75 Å². The number of hydrogen-bond acceptors (Lipinski definition) is 4. The molecular weight excluding hydrogens is 358 g/mol. The number of benzene rings is 2. The van der Waals surface area contributed by atoms with E-state index >= 15 is 0 Å². The first-order valence-electron chi connectivity index (χ1n) is 7.45. The summed E-state index contributed by atoms with van der Waals surface area (Å²) in [6.07, 6.45) is -0.736. The zero-order valence-electron chi connectivity index (χ0n) is 13.4. The number of aliphatic hydroxyl groups is 2. The van der Waals surface area contributed by atoms with E-state index in [4.69, 9.17) is 9.84 Å². The molecule has 124 valence electrons. The maximum absolute atomic E-state index is 10.8. The number of ether oxygens (including phenoxy) is 1. The van der Waals surface area contributed by atoms with Crippen molar-refractivity contribution in [2.45, 2.75) is 12.6 Å². The lowest BCUT2D eigenvalue weighted by atomic mass is 9.96. The fourth-order valence-corrected chi connectivity index (χ4v) is 2.87. The summed E-state index contributed by atoms with van der Waals surface area (Å²) in [6, 6.07) is 13.3. The van der Waals surface area contributed by atoms with E-state index in [-0.39, 0.29) is 6.61 Å². The molecule has 23 heavy (non-hydrogen) atoms. The Bertz CT molecular complexity index is 648. The quantitative estimate of drug-likeness (QED) is 0.776. The van der Waals surface area contributed by atoms with E-state index in [2.05, 4.69) is 15.9 Å². The van der Waals surface area contributed by atoms with Crippen LogP contribution in [0.1, 0.15) is 22.8 Å². The van der Waals surface area contributed by atoms with Crippen molar-refractivity contribution >= 4 is 15.9 Å². The summed E-state index contributed by atoms with van der Waals surface area (Å²) < 4.78 is 6.15. The lowest BCUT2D eigenvalue weighted by Crippen LogP contribution is -2.22. The second-order valence-electron chi connectivity index (χ2n) is 5.48. The molecule has 2 N–H and O–H groups in total. The van der Waals surface area contributed by atoms with Crippen molar-refractivity contribution in [2.24, 2.45) is 0 Å². The Morgan fingerprint density at radius 3 is 2.70 bits per heavy atom. The molecule has 0 saturated carbocycles. The normalized spacial score (nSPS) is 12.4. The number of aliphatic hydroxyl groups excluding tert-OH is 2. The fraction of sp³-hybridized carbons (Fsp3) is 0.333. The number of likely N-dealkylation sites (N-methyl/N-ethyl adjacent to an activating group) is 1. The van der Waals surface area contributed by atoms with Crippen LogP contribution in [0.25, 0.3) is 0 Å². The summed E-state index contributed by atoms with van der Waals surface area (Å²) in [4.78, 5) is 2.02. The molecule has 1 atom stereocenters. The molecule has 0 saturated heterocycles. The smallest absolute Gasteiger partial charge is 0.119 e. The maximum Gasteiger partial charge on any atom is 0.119 e. The lowest BCUT2D eigenvalue weighted by molar-refractivity contribution is 0.206. The highest BCUT2D eigenvalue weighted by atomic mass is 79.9. The van der Waals surface area contributed by atoms with E-state index in [1.807, 2.05) is 54.4 Å². The van der Waals surface area contributed by atoms with Gasteiger partial charge in [0.05, 0.1) is 13.7 Å². The van der Waals surface area contributed by atoms with Crippen LogP contribution in [-0.4, -0.2) is 42.4 Å². The predicted molar refractivity (Wildman–Crippen MR) is 94.6 cm³/mol. The van der Waals surface area contributed by atoms with Crippen molar-refractivity contribution in [1.29, 1.82) is 0 Å². The largest absolute Gasteiger partial charge is 0.497 e. The molecule has 0 fully saturated rings. The molecule has 0 heterocycles. The number of rotatable bonds is 7. The van der Waals surface area contributed by atoms with Crippen LogP contribution in [0.2, 0.25) is 0 Å². The first-order chi connectivity index (χ1) is 11.0. The topological polar surface area (TPSA) is 52.9 Å². The van der Waals surface area contributed by atoms with Crippen molar-refractivity contribution in [3.63, 3.8) is 0 Å². The monoisotopic (exact) mass is 379 g/mol. The Balaban J connectivity index is 2.34. The second-order valence-corrected chi connectivity index (χ2v) is 6.40. The molecule has 2 aromatic rings. The third kappa shape index (κ3) is 4.78. The summed E-state index contributed by atoms with van der Waals surface area (Å²) in [5.41, 5.74) is 2.66. The van der Waals surface area contributed by atoms with Crippen molar-refractivity contribution in [3.8, 4) is 5.75 Å². The molecule has 0 amide bonds. The van der Waals surface area contributed by atoms with E-state index in [0.717, 1.165) is 26.9 Å². The van der Waals surface area contributed by atoms with Gasteiger partial charge in [-0.25, -0.2) is 0 Å². The van der Waals surface area contributed by atoms with E-state index < -0.39 is 6.10 Å². The van der Waals surface area contributed by atoms with Crippen molar-refractivity contribution < 1.29 is 14.9 Å². The lowest BCUT2D eigenvalue weighted by Gasteiger charge is -2.21. The van der Waals surface area contributed by atoms with Crippen LogP contribution in [0.3, 0.4) is 0 Å². The minimum atomic E-state index is -0.736. The van der Waals surface area contributed by atoms with Crippen LogP contribution < -0.4 is 4.74 Å². The Morgan fingerprint density at radius 1 is 1.22 bits per heavy atom. The van der Waals surface area contributed by atoms with Gasteiger partial charge in [0, 0.05) is 17.6 Å². The molecule has 5 heteroatoms. The highest BCUT2D eigenvalue weighted by Gasteiger charge is 2.16. The van der Waals surface area contributed by atoms with Crippen molar-refractivity contribution in [1.82, 2.24) is 4.90 Å². The highest BCUT2D eigenvalue weighted by Crippen LogP contribution is 2.30. The molecule has 2 rings (SSSR count). The van der Waals surface area contributed by atoms with Gasteiger partial charge in [-0.3, -0.25) is 4.90 Å². The molecule has 2 aromatic carbocycles. The molecule has 1 unspecified atom stereocenters. The number of halogens is 1. The van der Waals surface area contributed by atoms with Gasteiger partial charge in [-0.2, -0.15) is 0 Å². The Hall–Kier alpha value is -1.40. The van der Waals surface area contributed by atoms with Gasteiger partial charge in [0.2, 0.25) is 0 Å². The summed E-state index contributed by atoms with van der Waals surface area (Å²) in [7, 11) is 3.56. The van der Waals surface area contributed by atoms with Gasteiger partial charge < -0.3 is 14.9 Å². The molecular formula is C18H22BrNO3. The summed E-state index contributed by atoms with van der Waals surface area (Å²) in [6.45, 7) is 1.36. The van der Waals surface area contributed by atoms with Gasteiger partial charge in [-0.05, 0) is 48.0 Å². The van der Waals surface area contributed by atoms with Crippen LogP contribution in [0.15, 0.2) is 46.9 Å². The predicted octanol–water partition coefficient (Wildman–Crippen LogP) is 2.96. The summed E-state index contributed by atoms with van der Waals surface area (Å²) >= 11 is 3.47. The van der Waals surface area contributed by atoms with Gasteiger partial charge in [-0.15, -0.1) is 0 Å². The minimum Gasteiger partial charge on any atom is -0.497 e. The second kappa shape index (κ2) is 8.45. The summed E-state index contributed by atoms with van der Waals surface area (Å²) in [5, 5.41) is 19.9. The Kier molecular flexibility index (Phi) is 6.59. The van der Waals surface area contributed by atoms with E-state index in [0.29, 0.717) is 13.1 Å². The van der Waals surface area contributed by atoms with E-state index in [9.17, 15) is 5.11 Å². The number of methoxy groups -OCH3 is 1. The first-order valence-corrected chi connectivity index (χ1v) is 8.24. The maximum atomic E-state index is 10.8. The molecule has 0 spiro atoms.